The lowest BCUT2D eigenvalue weighted by Gasteiger charge is -2.10. The molecule has 3 rings (SSSR count). The summed E-state index contributed by atoms with van der Waals surface area (Å²) in [6.45, 7) is 1.90. The van der Waals surface area contributed by atoms with Crippen LogP contribution in [0, 0.1) is 0 Å². The number of aromatic nitrogens is 3. The lowest BCUT2D eigenvalue weighted by atomic mass is 10.3. The number of hydrogen-bond acceptors (Lipinski definition) is 2. The average Bonchev–Trinajstić information content (AvgIpc) is 3.07. The van der Waals surface area contributed by atoms with Crippen molar-refractivity contribution in [2.24, 2.45) is 0 Å². The zero-order chi connectivity index (χ0) is 13.2. The monoisotopic (exact) mass is 254 g/mol. The molecule has 96 valence electrons. The molecule has 1 amide bonds. The fourth-order valence-electron chi connectivity index (χ4n) is 1.99. The molecule has 2 heterocycles. The third-order valence-corrected chi connectivity index (χ3v) is 3.01. The fraction of sp³-hybridized carbons (Fsp3) is 0.143. The maximum absolute atomic E-state index is 11.9. The fourth-order valence-corrected chi connectivity index (χ4v) is 1.99. The minimum absolute atomic E-state index is 0.141. The molecule has 1 aromatic carbocycles. The van der Waals surface area contributed by atoms with Crippen LogP contribution in [0.5, 0.6) is 0 Å². The highest BCUT2D eigenvalue weighted by atomic mass is 16.1. The molecule has 2 aromatic heterocycles. The Morgan fingerprint density at radius 3 is 2.84 bits per heavy atom. The van der Waals surface area contributed by atoms with Crippen LogP contribution in [0.2, 0.25) is 0 Å². The van der Waals surface area contributed by atoms with Crippen LogP contribution in [0.1, 0.15) is 29.3 Å². The van der Waals surface area contributed by atoms with E-state index in [2.05, 4.69) is 20.3 Å². The quantitative estimate of drug-likeness (QED) is 0.671. The van der Waals surface area contributed by atoms with E-state index in [0.717, 1.165) is 16.9 Å². The number of aromatic amines is 2. The van der Waals surface area contributed by atoms with Crippen LogP contribution in [-0.4, -0.2) is 20.9 Å². The zero-order valence-corrected chi connectivity index (χ0v) is 10.5. The summed E-state index contributed by atoms with van der Waals surface area (Å²) in [6, 6.07) is 11.1. The number of carbonyl (C=O) groups is 1. The number of benzene rings is 1. The summed E-state index contributed by atoms with van der Waals surface area (Å²) in [6.07, 6.45) is 1.72. The highest BCUT2D eigenvalue weighted by Gasteiger charge is 2.14. The molecule has 1 atom stereocenters. The van der Waals surface area contributed by atoms with Crippen molar-refractivity contribution in [1.82, 2.24) is 20.3 Å². The second-order valence-corrected chi connectivity index (χ2v) is 4.42. The molecule has 0 saturated heterocycles. The van der Waals surface area contributed by atoms with Crippen LogP contribution < -0.4 is 5.32 Å². The topological polar surface area (TPSA) is 73.6 Å². The first-order valence-electron chi connectivity index (χ1n) is 6.13. The molecule has 0 bridgehead atoms. The van der Waals surface area contributed by atoms with Crippen molar-refractivity contribution in [3.8, 4) is 0 Å². The molecule has 1 unspecified atom stereocenters. The lowest BCUT2D eigenvalue weighted by Crippen LogP contribution is -2.27. The minimum atomic E-state index is -0.178. The Morgan fingerprint density at radius 2 is 2.11 bits per heavy atom. The van der Waals surface area contributed by atoms with E-state index in [1.165, 1.54) is 0 Å². The second kappa shape index (κ2) is 4.61. The van der Waals surface area contributed by atoms with Gasteiger partial charge in [0.25, 0.3) is 5.91 Å². The van der Waals surface area contributed by atoms with Crippen LogP contribution in [0.4, 0.5) is 0 Å². The largest absolute Gasteiger partial charge is 0.357 e. The molecular formula is C14H14N4O. The van der Waals surface area contributed by atoms with Gasteiger partial charge in [-0.3, -0.25) is 4.79 Å². The van der Waals surface area contributed by atoms with Gasteiger partial charge in [0.2, 0.25) is 0 Å². The summed E-state index contributed by atoms with van der Waals surface area (Å²) in [5, 5.41) is 2.90. The first-order chi connectivity index (χ1) is 9.24. The maximum Gasteiger partial charge on any atom is 0.268 e. The number of hydrogen-bond donors (Lipinski definition) is 3. The molecule has 5 nitrogen and oxygen atoms in total. The molecule has 5 heteroatoms. The number of fused-ring (bicyclic) bond motifs is 1. The number of nitrogens with one attached hydrogen (secondary N) is 3. The van der Waals surface area contributed by atoms with Gasteiger partial charge in [0, 0.05) is 6.20 Å². The van der Waals surface area contributed by atoms with E-state index < -0.39 is 0 Å². The SMILES string of the molecule is CC(NC(=O)c1ccc[nH]1)c1nc2ccccc2[nH]1. The second-order valence-electron chi connectivity index (χ2n) is 4.42. The third kappa shape index (κ3) is 2.22. The molecule has 0 fully saturated rings. The van der Waals surface area contributed by atoms with Gasteiger partial charge in [-0.05, 0) is 31.2 Å². The van der Waals surface area contributed by atoms with E-state index in [0.29, 0.717) is 5.69 Å². The standard InChI is InChI=1S/C14H14N4O/c1-9(16-14(19)12-7-4-8-15-12)13-17-10-5-2-3-6-11(10)18-13/h2-9,15H,1H3,(H,16,19)(H,17,18). The molecule has 0 aliphatic carbocycles. The molecule has 0 aliphatic heterocycles. The Morgan fingerprint density at radius 1 is 1.26 bits per heavy atom. The van der Waals surface area contributed by atoms with E-state index in [1.807, 2.05) is 31.2 Å². The van der Waals surface area contributed by atoms with Crippen LogP contribution in [0.25, 0.3) is 11.0 Å². The number of imidazole rings is 1. The maximum atomic E-state index is 11.9. The van der Waals surface area contributed by atoms with Crippen molar-refractivity contribution in [3.05, 3.63) is 54.1 Å². The van der Waals surface area contributed by atoms with Gasteiger partial charge in [-0.1, -0.05) is 12.1 Å². The van der Waals surface area contributed by atoms with Gasteiger partial charge in [-0.15, -0.1) is 0 Å². The van der Waals surface area contributed by atoms with Gasteiger partial charge in [0.1, 0.15) is 11.5 Å². The molecular weight excluding hydrogens is 240 g/mol. The van der Waals surface area contributed by atoms with Crippen LogP contribution in [0.3, 0.4) is 0 Å². The summed E-state index contributed by atoms with van der Waals surface area (Å²) >= 11 is 0. The molecule has 0 radical (unpaired) electrons. The van der Waals surface area contributed by atoms with Crippen molar-refractivity contribution in [2.45, 2.75) is 13.0 Å². The van der Waals surface area contributed by atoms with Gasteiger partial charge >= 0.3 is 0 Å². The van der Waals surface area contributed by atoms with E-state index in [4.69, 9.17) is 0 Å². The number of nitrogens with zero attached hydrogens (tertiary/aromatic N) is 1. The smallest absolute Gasteiger partial charge is 0.268 e. The summed E-state index contributed by atoms with van der Waals surface area (Å²) in [5.74, 6) is 0.610. The van der Waals surface area contributed by atoms with Gasteiger partial charge < -0.3 is 15.3 Å². The Bertz CT molecular complexity index is 666. The van der Waals surface area contributed by atoms with Crippen molar-refractivity contribution in [2.75, 3.05) is 0 Å². The number of para-hydroxylation sites is 2. The Balaban J connectivity index is 1.80. The average molecular weight is 254 g/mol. The van der Waals surface area contributed by atoms with E-state index in [1.54, 1.807) is 18.3 Å². The summed E-state index contributed by atoms with van der Waals surface area (Å²) in [7, 11) is 0. The highest BCUT2D eigenvalue weighted by molar-refractivity contribution is 5.92. The molecule has 0 spiro atoms. The normalized spacial score (nSPS) is 12.5. The van der Waals surface area contributed by atoms with E-state index in [9.17, 15) is 4.79 Å². The van der Waals surface area contributed by atoms with Crippen molar-refractivity contribution in [1.29, 1.82) is 0 Å². The Labute approximate surface area is 110 Å². The lowest BCUT2D eigenvalue weighted by molar-refractivity contribution is 0.0934. The Hall–Kier alpha value is -2.56. The number of rotatable bonds is 3. The summed E-state index contributed by atoms with van der Waals surface area (Å²) in [5.41, 5.74) is 2.42. The third-order valence-electron chi connectivity index (χ3n) is 3.01. The van der Waals surface area contributed by atoms with Crippen LogP contribution in [-0.2, 0) is 0 Å². The number of amides is 1. The van der Waals surface area contributed by atoms with Crippen molar-refractivity contribution >= 4 is 16.9 Å². The van der Waals surface area contributed by atoms with Gasteiger partial charge in [-0.2, -0.15) is 0 Å². The first-order valence-corrected chi connectivity index (χ1v) is 6.13. The highest BCUT2D eigenvalue weighted by Crippen LogP contribution is 2.15. The van der Waals surface area contributed by atoms with Gasteiger partial charge in [-0.25, -0.2) is 4.98 Å². The molecule has 3 N–H and O–H groups in total. The Kier molecular flexibility index (Phi) is 2.79. The minimum Gasteiger partial charge on any atom is -0.357 e. The van der Waals surface area contributed by atoms with Crippen LogP contribution in [0.15, 0.2) is 42.6 Å². The summed E-state index contributed by atoms with van der Waals surface area (Å²) in [4.78, 5) is 22.5. The van der Waals surface area contributed by atoms with Crippen molar-refractivity contribution < 1.29 is 4.79 Å². The molecule has 0 aliphatic rings. The van der Waals surface area contributed by atoms with Crippen molar-refractivity contribution in [3.63, 3.8) is 0 Å². The number of H-pyrrole nitrogens is 2. The van der Waals surface area contributed by atoms with E-state index >= 15 is 0 Å². The predicted octanol–water partition coefficient (Wildman–Crippen LogP) is 2.38. The predicted molar refractivity (Wildman–Crippen MR) is 72.8 cm³/mol. The molecule has 0 saturated carbocycles. The van der Waals surface area contributed by atoms with E-state index in [-0.39, 0.29) is 11.9 Å². The molecule has 19 heavy (non-hydrogen) atoms. The van der Waals surface area contributed by atoms with Gasteiger partial charge in [0.05, 0.1) is 17.1 Å². The first kappa shape index (κ1) is 11.5. The molecule has 3 aromatic rings. The van der Waals surface area contributed by atoms with Gasteiger partial charge in [0.15, 0.2) is 0 Å². The zero-order valence-electron chi connectivity index (χ0n) is 10.5. The van der Waals surface area contributed by atoms with Crippen LogP contribution >= 0.6 is 0 Å². The summed E-state index contributed by atoms with van der Waals surface area (Å²) < 4.78 is 0. The number of carbonyl (C=O) groups excluding carboxylic acids is 1.